The Morgan fingerprint density at radius 1 is 1.37 bits per heavy atom. The Morgan fingerprint density at radius 3 is 2.74 bits per heavy atom. The van der Waals surface area contributed by atoms with Gasteiger partial charge in [0, 0.05) is 12.1 Å². The molecule has 6 nitrogen and oxygen atoms in total. The van der Waals surface area contributed by atoms with Crippen LogP contribution in [0.15, 0.2) is 29.3 Å². The SMILES string of the molecule is Nc1[nH]ncc1CNS(=O)(=O)c1cccc(Cl)c1Cl. The van der Waals surface area contributed by atoms with E-state index in [2.05, 4.69) is 14.9 Å². The van der Waals surface area contributed by atoms with E-state index in [1.165, 1.54) is 24.4 Å². The first-order valence-corrected chi connectivity index (χ1v) is 7.37. The fourth-order valence-corrected chi connectivity index (χ4v) is 3.17. The summed E-state index contributed by atoms with van der Waals surface area (Å²) >= 11 is 11.7. The number of hydrogen-bond acceptors (Lipinski definition) is 4. The lowest BCUT2D eigenvalue weighted by Gasteiger charge is -2.08. The Hall–Kier alpha value is -1.28. The normalized spacial score (nSPS) is 11.7. The number of aromatic amines is 1. The zero-order valence-electron chi connectivity index (χ0n) is 9.52. The molecule has 102 valence electrons. The molecule has 0 unspecified atom stereocenters. The summed E-state index contributed by atoms with van der Waals surface area (Å²) in [4.78, 5) is -0.0799. The predicted molar refractivity (Wildman–Crippen MR) is 73.5 cm³/mol. The highest BCUT2D eigenvalue weighted by Crippen LogP contribution is 2.28. The van der Waals surface area contributed by atoms with Crippen LogP contribution in [0, 0.1) is 0 Å². The van der Waals surface area contributed by atoms with Crippen LogP contribution in [0.25, 0.3) is 0 Å². The molecule has 0 bridgehead atoms. The molecular formula is C10H10Cl2N4O2S. The van der Waals surface area contributed by atoms with Gasteiger partial charge in [-0.2, -0.15) is 5.10 Å². The molecule has 0 saturated heterocycles. The first-order chi connectivity index (χ1) is 8.92. The van der Waals surface area contributed by atoms with E-state index >= 15 is 0 Å². The van der Waals surface area contributed by atoms with Crippen molar-refractivity contribution in [1.82, 2.24) is 14.9 Å². The van der Waals surface area contributed by atoms with E-state index in [9.17, 15) is 8.42 Å². The van der Waals surface area contributed by atoms with Crippen LogP contribution in [-0.2, 0) is 16.6 Å². The third-order valence-electron chi connectivity index (χ3n) is 2.41. The Labute approximate surface area is 120 Å². The van der Waals surface area contributed by atoms with Crippen LogP contribution in [0.2, 0.25) is 10.0 Å². The maximum absolute atomic E-state index is 12.1. The Morgan fingerprint density at radius 2 is 2.11 bits per heavy atom. The van der Waals surface area contributed by atoms with Crippen molar-refractivity contribution in [2.75, 3.05) is 5.73 Å². The molecule has 0 amide bonds. The number of sulfonamides is 1. The van der Waals surface area contributed by atoms with Gasteiger partial charge in [-0.25, -0.2) is 13.1 Å². The van der Waals surface area contributed by atoms with Gasteiger partial charge in [-0.15, -0.1) is 0 Å². The van der Waals surface area contributed by atoms with E-state index in [1.807, 2.05) is 0 Å². The molecule has 19 heavy (non-hydrogen) atoms. The van der Waals surface area contributed by atoms with Crippen LogP contribution in [0.4, 0.5) is 5.82 Å². The highest BCUT2D eigenvalue weighted by atomic mass is 35.5. The topological polar surface area (TPSA) is 101 Å². The van der Waals surface area contributed by atoms with Crippen LogP contribution in [-0.4, -0.2) is 18.6 Å². The molecule has 2 rings (SSSR count). The van der Waals surface area contributed by atoms with Gasteiger partial charge >= 0.3 is 0 Å². The maximum atomic E-state index is 12.1. The zero-order valence-corrected chi connectivity index (χ0v) is 11.9. The summed E-state index contributed by atoms with van der Waals surface area (Å²) < 4.78 is 26.5. The number of nitrogens with two attached hydrogens (primary N) is 1. The van der Waals surface area contributed by atoms with Gasteiger partial charge in [0.2, 0.25) is 10.0 Å². The lowest BCUT2D eigenvalue weighted by atomic mass is 10.3. The van der Waals surface area contributed by atoms with Gasteiger partial charge in [0.25, 0.3) is 0 Å². The molecule has 9 heteroatoms. The van der Waals surface area contributed by atoms with Crippen molar-refractivity contribution in [3.63, 3.8) is 0 Å². The summed E-state index contributed by atoms with van der Waals surface area (Å²) in [5.41, 5.74) is 6.11. The molecule has 0 aliphatic heterocycles. The maximum Gasteiger partial charge on any atom is 0.242 e. The molecule has 2 aromatic rings. The monoisotopic (exact) mass is 320 g/mol. The summed E-state index contributed by atoms with van der Waals surface area (Å²) in [6.07, 6.45) is 1.44. The highest BCUT2D eigenvalue weighted by molar-refractivity contribution is 7.89. The molecule has 0 atom stereocenters. The quantitative estimate of drug-likeness (QED) is 0.799. The van der Waals surface area contributed by atoms with Crippen LogP contribution in [0.5, 0.6) is 0 Å². The molecule has 0 radical (unpaired) electrons. The van der Waals surface area contributed by atoms with Crippen LogP contribution < -0.4 is 10.5 Å². The molecule has 0 fully saturated rings. The third kappa shape index (κ3) is 3.01. The van der Waals surface area contributed by atoms with Gasteiger partial charge in [-0.1, -0.05) is 29.3 Å². The summed E-state index contributed by atoms with van der Waals surface area (Å²) in [6, 6.07) is 4.39. The number of halogens is 2. The molecule has 1 heterocycles. The second-order valence-corrected chi connectivity index (χ2v) is 6.21. The van der Waals surface area contributed by atoms with E-state index in [4.69, 9.17) is 28.9 Å². The summed E-state index contributed by atoms with van der Waals surface area (Å²) in [5, 5.41) is 6.36. The van der Waals surface area contributed by atoms with E-state index in [1.54, 1.807) is 0 Å². The smallest absolute Gasteiger partial charge is 0.242 e. The standard InChI is InChI=1S/C10H10Cl2N4O2S/c11-7-2-1-3-8(9(7)12)19(17,18)15-5-6-4-14-16-10(6)13/h1-4,15H,5H2,(H3,13,14,16). The molecule has 1 aromatic carbocycles. The lowest BCUT2D eigenvalue weighted by molar-refractivity contribution is 0.581. The van der Waals surface area contributed by atoms with Crippen LogP contribution in [0.1, 0.15) is 5.56 Å². The third-order valence-corrected chi connectivity index (χ3v) is 4.78. The summed E-state index contributed by atoms with van der Waals surface area (Å²) in [5.74, 6) is 0.305. The van der Waals surface area contributed by atoms with E-state index in [0.29, 0.717) is 11.4 Å². The average Bonchev–Trinajstić information content (AvgIpc) is 2.76. The molecular weight excluding hydrogens is 311 g/mol. The summed E-state index contributed by atoms with van der Waals surface area (Å²) in [7, 11) is -3.77. The van der Waals surface area contributed by atoms with E-state index in [-0.39, 0.29) is 21.5 Å². The van der Waals surface area contributed by atoms with Gasteiger partial charge < -0.3 is 5.73 Å². The van der Waals surface area contributed by atoms with Crippen LogP contribution >= 0.6 is 23.2 Å². The number of anilines is 1. The lowest BCUT2D eigenvalue weighted by Crippen LogP contribution is -2.23. The first kappa shape index (κ1) is 14.1. The van der Waals surface area contributed by atoms with Crippen molar-refractivity contribution in [2.24, 2.45) is 0 Å². The number of benzene rings is 1. The number of nitrogen functional groups attached to an aromatic ring is 1. The minimum absolute atomic E-state index is 0.00745. The second-order valence-electron chi connectivity index (χ2n) is 3.69. The van der Waals surface area contributed by atoms with Gasteiger partial charge in [-0.05, 0) is 12.1 Å². The van der Waals surface area contributed by atoms with Gasteiger partial charge in [0.1, 0.15) is 10.7 Å². The van der Waals surface area contributed by atoms with Crippen molar-refractivity contribution in [2.45, 2.75) is 11.4 Å². The number of nitrogens with one attached hydrogen (secondary N) is 2. The highest BCUT2D eigenvalue weighted by Gasteiger charge is 2.19. The number of H-pyrrole nitrogens is 1. The van der Waals surface area contributed by atoms with Crippen molar-refractivity contribution in [1.29, 1.82) is 0 Å². The van der Waals surface area contributed by atoms with E-state index < -0.39 is 10.0 Å². The Bertz CT molecular complexity index is 699. The van der Waals surface area contributed by atoms with Gasteiger partial charge in [0.05, 0.1) is 16.2 Å². The fourth-order valence-electron chi connectivity index (χ4n) is 1.40. The number of aromatic nitrogens is 2. The van der Waals surface area contributed by atoms with Crippen molar-refractivity contribution in [3.8, 4) is 0 Å². The van der Waals surface area contributed by atoms with E-state index in [0.717, 1.165) is 0 Å². The van der Waals surface area contributed by atoms with Crippen LogP contribution in [0.3, 0.4) is 0 Å². The Balaban J connectivity index is 2.24. The number of rotatable bonds is 4. The molecule has 4 N–H and O–H groups in total. The summed E-state index contributed by atoms with van der Waals surface area (Å²) in [6.45, 7) is 0.00745. The Kier molecular flexibility index (Phi) is 4.00. The minimum atomic E-state index is -3.77. The second kappa shape index (κ2) is 5.38. The molecule has 1 aromatic heterocycles. The first-order valence-electron chi connectivity index (χ1n) is 5.13. The predicted octanol–water partition coefficient (Wildman–Crippen LogP) is 1.78. The largest absolute Gasteiger partial charge is 0.384 e. The molecule has 0 spiro atoms. The average molecular weight is 321 g/mol. The molecule has 0 saturated carbocycles. The fraction of sp³-hybridized carbons (Fsp3) is 0.100. The van der Waals surface area contributed by atoms with Crippen molar-refractivity contribution >= 4 is 39.0 Å². The van der Waals surface area contributed by atoms with Gasteiger partial charge in [-0.3, -0.25) is 5.10 Å². The zero-order chi connectivity index (χ0) is 14.0. The molecule has 0 aliphatic carbocycles. The molecule has 0 aliphatic rings. The minimum Gasteiger partial charge on any atom is -0.384 e. The number of nitrogens with zero attached hydrogens (tertiary/aromatic N) is 1. The number of hydrogen-bond donors (Lipinski definition) is 3. The van der Waals surface area contributed by atoms with Crippen molar-refractivity contribution < 1.29 is 8.42 Å². The van der Waals surface area contributed by atoms with Gasteiger partial charge in [0.15, 0.2) is 0 Å². The van der Waals surface area contributed by atoms with Crippen molar-refractivity contribution in [3.05, 3.63) is 40.0 Å².